The highest BCUT2D eigenvalue weighted by atomic mass is 19.4. The molecule has 1 aromatic carbocycles. The van der Waals surface area contributed by atoms with Crippen molar-refractivity contribution < 1.29 is 28.2 Å². The molecule has 0 atom stereocenters. The van der Waals surface area contributed by atoms with E-state index >= 15 is 0 Å². The number of carbonyl (C=O) groups is 1. The second kappa shape index (κ2) is 8.95. The molecule has 1 fully saturated rings. The van der Waals surface area contributed by atoms with Crippen molar-refractivity contribution >= 4 is 22.5 Å². The lowest BCUT2D eigenvalue weighted by Crippen LogP contribution is -2.21. The molecule has 34 heavy (non-hydrogen) atoms. The number of anilines is 1. The molecule has 1 saturated carbocycles. The fraction of sp³-hybridized carbons (Fsp3) is 0.478. The number of carbonyl (C=O) groups excluding carboxylic acids is 1. The first kappa shape index (κ1) is 24.1. The average molecular weight is 477 g/mol. The third-order valence-electron chi connectivity index (χ3n) is 6.18. The Morgan fingerprint density at radius 1 is 1.15 bits per heavy atom. The van der Waals surface area contributed by atoms with Gasteiger partial charge in [0.15, 0.2) is 0 Å². The summed E-state index contributed by atoms with van der Waals surface area (Å²) in [6.45, 7) is 3.33. The minimum atomic E-state index is -4.70. The molecule has 1 aliphatic carbocycles. The Hall–Kier alpha value is -3.05. The van der Waals surface area contributed by atoms with E-state index in [1.165, 1.54) is 0 Å². The summed E-state index contributed by atoms with van der Waals surface area (Å²) in [6, 6.07) is 3.58. The van der Waals surface area contributed by atoms with Crippen LogP contribution >= 0.6 is 0 Å². The number of nitrogens with one attached hydrogen (secondary N) is 1. The highest BCUT2D eigenvalue weighted by Gasteiger charge is 2.34. The fourth-order valence-electron chi connectivity index (χ4n) is 4.27. The molecule has 0 unspecified atom stereocenters. The summed E-state index contributed by atoms with van der Waals surface area (Å²) < 4.78 is 40.0. The molecule has 11 heteroatoms. The van der Waals surface area contributed by atoms with Gasteiger partial charge in [-0.2, -0.15) is 18.3 Å². The highest BCUT2D eigenvalue weighted by molar-refractivity contribution is 6.05. The van der Waals surface area contributed by atoms with E-state index in [-0.39, 0.29) is 18.2 Å². The van der Waals surface area contributed by atoms with Gasteiger partial charge in [-0.25, -0.2) is 9.97 Å². The molecule has 2 aromatic heterocycles. The van der Waals surface area contributed by atoms with Gasteiger partial charge in [0.05, 0.1) is 22.7 Å². The summed E-state index contributed by atoms with van der Waals surface area (Å²) >= 11 is 0. The van der Waals surface area contributed by atoms with E-state index in [9.17, 15) is 28.2 Å². The zero-order chi connectivity index (χ0) is 24.7. The molecular weight excluding hydrogens is 451 g/mol. The topological polar surface area (TPSA) is 113 Å². The Morgan fingerprint density at radius 3 is 2.35 bits per heavy atom. The molecule has 4 rings (SSSR count). The zero-order valence-electron chi connectivity index (χ0n) is 18.8. The third kappa shape index (κ3) is 5.05. The van der Waals surface area contributed by atoms with Gasteiger partial charge in [-0.3, -0.25) is 9.48 Å². The molecule has 3 N–H and O–H groups in total. The summed E-state index contributed by atoms with van der Waals surface area (Å²) in [5, 5.41) is 28.1. The number of fused-ring (bicyclic) bond motifs is 1. The largest absolute Gasteiger partial charge is 0.451 e. The first-order valence-corrected chi connectivity index (χ1v) is 11.0. The van der Waals surface area contributed by atoms with Crippen LogP contribution in [0.4, 0.5) is 18.9 Å². The van der Waals surface area contributed by atoms with Crippen molar-refractivity contribution in [2.75, 3.05) is 11.9 Å². The van der Waals surface area contributed by atoms with Gasteiger partial charge >= 0.3 is 6.18 Å². The molecule has 3 aromatic rings. The molecule has 1 amide bonds. The minimum absolute atomic E-state index is 0.147. The smallest absolute Gasteiger partial charge is 0.396 e. The van der Waals surface area contributed by atoms with E-state index in [4.69, 9.17) is 0 Å². The van der Waals surface area contributed by atoms with Crippen LogP contribution in [0.2, 0.25) is 0 Å². The standard InChI is InChI=1S/C23H26F3N5O3/c1-22(2,34)17-8-18-14(11-31(30-18)16-5-3-13(12-32)4-6-16)7-19(17)29-20(33)15-9-27-21(28-10-15)23(24,25)26/h7-11,13,16,32,34H,3-6,12H2,1-2H3,(H,29,33). The lowest BCUT2D eigenvalue weighted by molar-refractivity contribution is -0.145. The Bertz CT molecular complexity index is 1180. The van der Waals surface area contributed by atoms with E-state index in [0.29, 0.717) is 22.7 Å². The van der Waals surface area contributed by atoms with Gasteiger partial charge in [0.2, 0.25) is 5.82 Å². The number of hydrogen-bond acceptors (Lipinski definition) is 6. The predicted molar refractivity (Wildman–Crippen MR) is 118 cm³/mol. The monoisotopic (exact) mass is 477 g/mol. The van der Waals surface area contributed by atoms with Crippen LogP contribution in [-0.2, 0) is 11.8 Å². The normalized spacial score (nSPS) is 19.4. The Labute approximate surface area is 193 Å². The number of aliphatic hydroxyl groups is 2. The van der Waals surface area contributed by atoms with Gasteiger partial charge in [0.25, 0.3) is 5.91 Å². The maximum absolute atomic E-state index is 12.7. The van der Waals surface area contributed by atoms with E-state index in [0.717, 1.165) is 43.5 Å². The van der Waals surface area contributed by atoms with Gasteiger partial charge in [0, 0.05) is 41.8 Å². The second-order valence-corrected chi connectivity index (χ2v) is 9.23. The summed E-state index contributed by atoms with van der Waals surface area (Å²) in [6.07, 6.45) is 2.44. The summed E-state index contributed by atoms with van der Waals surface area (Å²) in [5.74, 6) is -1.71. The Kier molecular flexibility index (Phi) is 6.34. The van der Waals surface area contributed by atoms with Gasteiger partial charge in [-0.05, 0) is 57.6 Å². The molecule has 182 valence electrons. The van der Waals surface area contributed by atoms with Gasteiger partial charge < -0.3 is 15.5 Å². The van der Waals surface area contributed by atoms with E-state index in [1.54, 1.807) is 26.0 Å². The molecule has 0 radical (unpaired) electrons. The molecular formula is C23H26F3N5O3. The summed E-state index contributed by atoms with van der Waals surface area (Å²) in [7, 11) is 0. The maximum atomic E-state index is 12.7. The molecule has 8 nitrogen and oxygen atoms in total. The highest BCUT2D eigenvalue weighted by Crippen LogP contribution is 2.35. The third-order valence-corrected chi connectivity index (χ3v) is 6.18. The minimum Gasteiger partial charge on any atom is -0.396 e. The number of nitrogens with zero attached hydrogens (tertiary/aromatic N) is 4. The number of halogens is 3. The number of benzene rings is 1. The average Bonchev–Trinajstić information content (AvgIpc) is 3.20. The first-order chi connectivity index (χ1) is 16.0. The zero-order valence-corrected chi connectivity index (χ0v) is 18.8. The van der Waals surface area contributed by atoms with Crippen molar-refractivity contribution in [1.29, 1.82) is 0 Å². The number of aromatic nitrogens is 4. The van der Waals surface area contributed by atoms with Crippen molar-refractivity contribution in [3.8, 4) is 0 Å². The molecule has 0 aliphatic heterocycles. The fourth-order valence-corrected chi connectivity index (χ4v) is 4.27. The summed E-state index contributed by atoms with van der Waals surface area (Å²) in [5.41, 5.74) is -0.0941. The maximum Gasteiger partial charge on any atom is 0.451 e. The van der Waals surface area contributed by atoms with Crippen LogP contribution in [0.5, 0.6) is 0 Å². The second-order valence-electron chi connectivity index (χ2n) is 9.23. The van der Waals surface area contributed by atoms with Gasteiger partial charge in [-0.15, -0.1) is 0 Å². The van der Waals surface area contributed by atoms with Crippen molar-refractivity contribution in [3.63, 3.8) is 0 Å². The van der Waals surface area contributed by atoms with Crippen molar-refractivity contribution in [3.05, 3.63) is 47.7 Å². The van der Waals surface area contributed by atoms with Crippen LogP contribution in [-0.4, -0.2) is 42.5 Å². The lowest BCUT2D eigenvalue weighted by Gasteiger charge is -2.27. The molecule has 0 saturated heterocycles. The lowest BCUT2D eigenvalue weighted by atomic mass is 9.87. The van der Waals surface area contributed by atoms with Crippen LogP contribution < -0.4 is 5.32 Å². The van der Waals surface area contributed by atoms with E-state index in [1.807, 2.05) is 10.9 Å². The molecule has 0 spiro atoms. The first-order valence-electron chi connectivity index (χ1n) is 11.0. The van der Waals surface area contributed by atoms with Gasteiger partial charge in [0.1, 0.15) is 0 Å². The van der Waals surface area contributed by atoms with Crippen LogP contribution in [0.3, 0.4) is 0 Å². The Morgan fingerprint density at radius 2 is 1.79 bits per heavy atom. The number of aliphatic hydroxyl groups excluding tert-OH is 1. The molecule has 1 aliphatic rings. The van der Waals surface area contributed by atoms with Crippen molar-refractivity contribution in [2.45, 2.75) is 57.3 Å². The van der Waals surface area contributed by atoms with Crippen LogP contribution in [0, 0.1) is 5.92 Å². The number of rotatable bonds is 5. The molecule has 2 heterocycles. The van der Waals surface area contributed by atoms with E-state index < -0.39 is 23.5 Å². The molecule has 0 bridgehead atoms. The van der Waals surface area contributed by atoms with Gasteiger partial charge in [-0.1, -0.05) is 0 Å². The quantitative estimate of drug-likeness (QED) is 0.511. The van der Waals surface area contributed by atoms with Crippen LogP contribution in [0.25, 0.3) is 10.9 Å². The van der Waals surface area contributed by atoms with E-state index in [2.05, 4.69) is 20.4 Å². The van der Waals surface area contributed by atoms with Crippen LogP contribution in [0.15, 0.2) is 30.7 Å². The SMILES string of the molecule is CC(C)(O)c1cc2nn(C3CCC(CO)CC3)cc2cc1NC(=O)c1cnc(C(F)(F)F)nc1. The van der Waals surface area contributed by atoms with Crippen LogP contribution in [0.1, 0.15) is 67.3 Å². The predicted octanol–water partition coefficient (Wildman–Crippen LogP) is 4.05. The number of alkyl halides is 3. The Balaban J connectivity index is 1.62. The number of amides is 1. The van der Waals surface area contributed by atoms with Crippen molar-refractivity contribution in [1.82, 2.24) is 19.7 Å². The number of hydrogen-bond donors (Lipinski definition) is 3. The van der Waals surface area contributed by atoms with Crippen molar-refractivity contribution in [2.24, 2.45) is 5.92 Å². The summed E-state index contributed by atoms with van der Waals surface area (Å²) in [4.78, 5) is 19.2.